The van der Waals surface area contributed by atoms with Crippen LogP contribution in [0.4, 0.5) is 8.78 Å². The van der Waals surface area contributed by atoms with E-state index in [9.17, 15) is 18.7 Å². The summed E-state index contributed by atoms with van der Waals surface area (Å²) in [4.78, 5) is 17.7. The highest BCUT2D eigenvalue weighted by Crippen LogP contribution is 2.24. The number of rotatable bonds is 5. The van der Waals surface area contributed by atoms with Crippen LogP contribution in [0.2, 0.25) is 0 Å². The predicted molar refractivity (Wildman–Crippen MR) is 83.2 cm³/mol. The first-order valence-electron chi connectivity index (χ1n) is 7.97. The van der Waals surface area contributed by atoms with E-state index in [1.165, 1.54) is 6.07 Å². The number of β-amino-alcohol motifs (C(OH)–C–C–N with tert-alkyl or cyclic N) is 1. The summed E-state index contributed by atoms with van der Waals surface area (Å²) in [6.07, 6.45) is 1.18. The van der Waals surface area contributed by atoms with E-state index in [1.54, 1.807) is 0 Å². The Balaban J connectivity index is 1.56. The van der Waals surface area contributed by atoms with Crippen molar-refractivity contribution >= 4 is 5.91 Å². The van der Waals surface area contributed by atoms with Gasteiger partial charge < -0.3 is 14.9 Å². The molecular formula is C16H18F2N4O3. The van der Waals surface area contributed by atoms with Crippen LogP contribution in [0.15, 0.2) is 22.7 Å². The molecule has 0 saturated carbocycles. The van der Waals surface area contributed by atoms with Gasteiger partial charge in [-0.1, -0.05) is 11.2 Å². The molecule has 1 amide bonds. The number of likely N-dealkylation sites (tertiary alicyclic amines) is 1. The van der Waals surface area contributed by atoms with E-state index in [1.807, 2.05) is 4.90 Å². The summed E-state index contributed by atoms with van der Waals surface area (Å²) in [6, 6.07) is 3.43. The molecule has 7 nitrogen and oxygen atoms in total. The van der Waals surface area contributed by atoms with Gasteiger partial charge in [-0.2, -0.15) is 4.98 Å². The number of aromatic nitrogens is 2. The van der Waals surface area contributed by atoms with Crippen LogP contribution >= 0.6 is 0 Å². The van der Waals surface area contributed by atoms with E-state index in [2.05, 4.69) is 15.5 Å². The third-order valence-corrected chi connectivity index (χ3v) is 3.94. The van der Waals surface area contributed by atoms with Crippen LogP contribution in [0.25, 0.3) is 11.5 Å². The molecule has 0 aliphatic carbocycles. The van der Waals surface area contributed by atoms with Gasteiger partial charge in [0.1, 0.15) is 17.2 Å². The fraction of sp³-hybridized carbons (Fsp3) is 0.438. The molecule has 134 valence electrons. The zero-order valence-electron chi connectivity index (χ0n) is 13.4. The SMILES string of the molecule is O=C(CN1CCCC(O)C1)NCc1noc(-c2c(F)cccc2F)n1. The van der Waals surface area contributed by atoms with Crippen LogP contribution in [0, 0.1) is 11.6 Å². The van der Waals surface area contributed by atoms with Crippen molar-refractivity contribution in [3.05, 3.63) is 35.7 Å². The Hall–Kier alpha value is -2.39. The van der Waals surface area contributed by atoms with Crippen LogP contribution in [0.1, 0.15) is 18.7 Å². The van der Waals surface area contributed by atoms with E-state index in [4.69, 9.17) is 4.52 Å². The molecule has 1 atom stereocenters. The maximum Gasteiger partial charge on any atom is 0.263 e. The lowest BCUT2D eigenvalue weighted by Crippen LogP contribution is -2.44. The minimum absolute atomic E-state index is 0.0190. The van der Waals surface area contributed by atoms with Gasteiger partial charge in [-0.15, -0.1) is 0 Å². The Morgan fingerprint density at radius 1 is 1.40 bits per heavy atom. The highest BCUT2D eigenvalue weighted by molar-refractivity contribution is 5.77. The number of hydrogen-bond acceptors (Lipinski definition) is 6. The highest BCUT2D eigenvalue weighted by Gasteiger charge is 2.21. The molecule has 1 aromatic carbocycles. The quantitative estimate of drug-likeness (QED) is 0.837. The molecular weight excluding hydrogens is 334 g/mol. The summed E-state index contributed by atoms with van der Waals surface area (Å²) < 4.78 is 32.2. The molecule has 2 N–H and O–H groups in total. The summed E-state index contributed by atoms with van der Waals surface area (Å²) in [7, 11) is 0. The molecule has 1 fully saturated rings. The fourth-order valence-electron chi connectivity index (χ4n) is 2.74. The maximum atomic E-state index is 13.7. The van der Waals surface area contributed by atoms with Crippen LogP contribution < -0.4 is 5.32 Å². The standard InChI is InChI=1S/C16H18F2N4O3/c17-11-4-1-5-12(18)15(11)16-20-13(21-25-16)7-19-14(24)9-22-6-2-3-10(23)8-22/h1,4-5,10,23H,2-3,6-9H2,(H,19,24). The van der Waals surface area contributed by atoms with Crippen molar-refractivity contribution in [3.8, 4) is 11.5 Å². The minimum atomic E-state index is -0.803. The first-order valence-corrected chi connectivity index (χ1v) is 7.97. The molecule has 1 saturated heterocycles. The van der Waals surface area contributed by atoms with E-state index >= 15 is 0 Å². The van der Waals surface area contributed by atoms with Gasteiger partial charge >= 0.3 is 0 Å². The van der Waals surface area contributed by atoms with Crippen molar-refractivity contribution in [1.29, 1.82) is 0 Å². The largest absolute Gasteiger partial charge is 0.392 e. The summed E-state index contributed by atoms with van der Waals surface area (Å²) in [5.41, 5.74) is -0.394. The van der Waals surface area contributed by atoms with Crippen molar-refractivity contribution in [1.82, 2.24) is 20.4 Å². The van der Waals surface area contributed by atoms with Gasteiger partial charge in [0.25, 0.3) is 5.89 Å². The molecule has 9 heteroatoms. The number of halogens is 2. The van der Waals surface area contributed by atoms with Crippen molar-refractivity contribution in [2.45, 2.75) is 25.5 Å². The Morgan fingerprint density at radius 3 is 2.88 bits per heavy atom. The van der Waals surface area contributed by atoms with Gasteiger partial charge in [-0.3, -0.25) is 9.69 Å². The van der Waals surface area contributed by atoms with Gasteiger partial charge in [-0.25, -0.2) is 8.78 Å². The van der Waals surface area contributed by atoms with E-state index in [-0.39, 0.29) is 30.7 Å². The first-order chi connectivity index (χ1) is 12.0. The molecule has 25 heavy (non-hydrogen) atoms. The molecule has 0 spiro atoms. The van der Waals surface area contributed by atoms with Crippen molar-refractivity contribution in [2.75, 3.05) is 19.6 Å². The summed E-state index contributed by atoms with van der Waals surface area (Å²) >= 11 is 0. The van der Waals surface area contributed by atoms with Crippen molar-refractivity contribution in [2.24, 2.45) is 0 Å². The molecule has 1 aliphatic rings. The number of benzene rings is 1. The second kappa shape index (κ2) is 7.66. The number of amides is 1. The Kier molecular flexibility index (Phi) is 5.34. The van der Waals surface area contributed by atoms with Crippen molar-refractivity contribution < 1.29 is 23.2 Å². The number of nitrogens with one attached hydrogen (secondary N) is 1. The van der Waals surface area contributed by atoms with Gasteiger partial charge in [0.2, 0.25) is 5.91 Å². The normalized spacial score (nSPS) is 18.3. The molecule has 2 aromatic rings. The number of carbonyl (C=O) groups excluding carboxylic acids is 1. The van der Waals surface area contributed by atoms with Gasteiger partial charge in [0, 0.05) is 6.54 Å². The summed E-state index contributed by atoms with van der Waals surface area (Å²) in [6.45, 7) is 1.36. The molecule has 2 heterocycles. The third-order valence-electron chi connectivity index (χ3n) is 3.94. The predicted octanol–water partition coefficient (Wildman–Crippen LogP) is 1.09. The van der Waals surface area contributed by atoms with Crippen molar-refractivity contribution in [3.63, 3.8) is 0 Å². The zero-order valence-corrected chi connectivity index (χ0v) is 13.4. The third kappa shape index (κ3) is 4.37. The topological polar surface area (TPSA) is 91.5 Å². The highest BCUT2D eigenvalue weighted by atomic mass is 19.1. The second-order valence-electron chi connectivity index (χ2n) is 5.92. The number of piperidine rings is 1. The lowest BCUT2D eigenvalue weighted by molar-refractivity contribution is -0.123. The van der Waals surface area contributed by atoms with Crippen LogP contribution in [0.3, 0.4) is 0 Å². The monoisotopic (exact) mass is 352 g/mol. The smallest absolute Gasteiger partial charge is 0.263 e. The molecule has 0 radical (unpaired) electrons. The molecule has 0 bridgehead atoms. The summed E-state index contributed by atoms with van der Waals surface area (Å²) in [5, 5.41) is 15.8. The number of hydrogen-bond donors (Lipinski definition) is 2. The second-order valence-corrected chi connectivity index (χ2v) is 5.92. The Labute approximate surface area is 142 Å². The Bertz CT molecular complexity index is 732. The maximum absolute atomic E-state index is 13.7. The number of nitrogens with zero attached hydrogens (tertiary/aromatic N) is 3. The number of aliphatic hydroxyl groups excluding tert-OH is 1. The van der Waals surface area contributed by atoms with Gasteiger partial charge in [0.15, 0.2) is 5.82 Å². The Morgan fingerprint density at radius 2 is 2.16 bits per heavy atom. The van der Waals surface area contributed by atoms with E-state index in [0.717, 1.165) is 31.5 Å². The number of carbonyl (C=O) groups is 1. The number of aliphatic hydroxyl groups is 1. The molecule has 1 aliphatic heterocycles. The average molecular weight is 352 g/mol. The summed E-state index contributed by atoms with van der Waals surface area (Å²) in [5.74, 6) is -2.02. The minimum Gasteiger partial charge on any atom is -0.392 e. The lowest BCUT2D eigenvalue weighted by Gasteiger charge is -2.29. The van der Waals surface area contributed by atoms with E-state index < -0.39 is 23.3 Å². The lowest BCUT2D eigenvalue weighted by atomic mass is 10.1. The van der Waals surface area contributed by atoms with E-state index in [0.29, 0.717) is 6.54 Å². The van der Waals surface area contributed by atoms with Gasteiger partial charge in [-0.05, 0) is 31.5 Å². The van der Waals surface area contributed by atoms with Crippen LogP contribution in [0.5, 0.6) is 0 Å². The van der Waals surface area contributed by atoms with Crippen LogP contribution in [-0.2, 0) is 11.3 Å². The van der Waals surface area contributed by atoms with Gasteiger partial charge in [0.05, 0.1) is 19.2 Å². The molecule has 3 rings (SSSR count). The molecule has 1 unspecified atom stereocenters. The van der Waals surface area contributed by atoms with Crippen LogP contribution in [-0.4, -0.2) is 51.8 Å². The first kappa shape index (κ1) is 17.4. The average Bonchev–Trinajstić information content (AvgIpc) is 3.01. The zero-order chi connectivity index (χ0) is 17.8. The molecule has 1 aromatic heterocycles. The fourth-order valence-corrected chi connectivity index (χ4v) is 2.74.